The Balaban J connectivity index is 2.58. The van der Waals surface area contributed by atoms with Crippen molar-refractivity contribution in [3.8, 4) is 0 Å². The van der Waals surface area contributed by atoms with E-state index in [1.54, 1.807) is 6.07 Å². The molecule has 0 heterocycles. The van der Waals surface area contributed by atoms with E-state index in [2.05, 4.69) is 21.2 Å². The minimum absolute atomic E-state index is 0.00867. The van der Waals surface area contributed by atoms with Crippen molar-refractivity contribution in [2.24, 2.45) is 0 Å². The van der Waals surface area contributed by atoms with Crippen LogP contribution in [0.4, 0.5) is 13.2 Å². The Morgan fingerprint density at radius 1 is 1.10 bits per heavy atom. The smallest absolute Gasteiger partial charge is 0.146 e. The van der Waals surface area contributed by atoms with Gasteiger partial charge in [0.1, 0.15) is 17.5 Å². The molecule has 0 saturated heterocycles. The van der Waals surface area contributed by atoms with Crippen LogP contribution in [0.15, 0.2) is 34.8 Å². The fraction of sp³-hybridized carbons (Fsp3) is 0.143. The van der Waals surface area contributed by atoms with Crippen LogP contribution in [0.3, 0.4) is 0 Å². The molecule has 0 fully saturated rings. The molecule has 106 valence electrons. The van der Waals surface area contributed by atoms with Crippen molar-refractivity contribution < 1.29 is 13.2 Å². The molecule has 1 unspecified atom stereocenters. The molecule has 0 spiro atoms. The molecule has 1 nitrogen and oxygen atoms in total. The summed E-state index contributed by atoms with van der Waals surface area (Å²) in [7, 11) is 1.53. The van der Waals surface area contributed by atoms with Gasteiger partial charge in [-0.05, 0) is 41.2 Å². The van der Waals surface area contributed by atoms with Gasteiger partial charge in [-0.25, -0.2) is 13.2 Å². The van der Waals surface area contributed by atoms with Gasteiger partial charge in [-0.1, -0.05) is 23.7 Å². The van der Waals surface area contributed by atoms with Crippen LogP contribution < -0.4 is 5.32 Å². The van der Waals surface area contributed by atoms with Gasteiger partial charge < -0.3 is 5.32 Å². The largest absolute Gasteiger partial charge is 0.309 e. The topological polar surface area (TPSA) is 12.0 Å². The van der Waals surface area contributed by atoms with Gasteiger partial charge in [-0.15, -0.1) is 0 Å². The second-order valence-corrected chi connectivity index (χ2v) is 5.41. The van der Waals surface area contributed by atoms with Gasteiger partial charge in [0.15, 0.2) is 0 Å². The summed E-state index contributed by atoms with van der Waals surface area (Å²) in [4.78, 5) is 0. The first-order valence-electron chi connectivity index (χ1n) is 5.71. The van der Waals surface area contributed by atoms with E-state index in [1.807, 2.05) is 0 Å². The lowest BCUT2D eigenvalue weighted by Crippen LogP contribution is -2.20. The van der Waals surface area contributed by atoms with Crippen molar-refractivity contribution in [3.05, 3.63) is 68.4 Å². The summed E-state index contributed by atoms with van der Waals surface area (Å²) in [6, 6.07) is 5.63. The molecule has 0 bridgehead atoms. The lowest BCUT2D eigenvalue weighted by atomic mass is 9.97. The van der Waals surface area contributed by atoms with Crippen molar-refractivity contribution in [2.75, 3.05) is 7.05 Å². The first kappa shape index (κ1) is 15.4. The van der Waals surface area contributed by atoms with E-state index in [0.29, 0.717) is 0 Å². The number of rotatable bonds is 3. The third kappa shape index (κ3) is 2.85. The molecule has 0 aliphatic rings. The second kappa shape index (κ2) is 6.16. The van der Waals surface area contributed by atoms with Crippen molar-refractivity contribution in [3.63, 3.8) is 0 Å². The zero-order valence-electron chi connectivity index (χ0n) is 10.4. The SMILES string of the molecule is CNC(c1cc(F)c(Br)cc1F)c1cccc(Cl)c1F. The van der Waals surface area contributed by atoms with Crippen molar-refractivity contribution in [2.45, 2.75) is 6.04 Å². The van der Waals surface area contributed by atoms with Gasteiger partial charge in [0.2, 0.25) is 0 Å². The monoisotopic (exact) mass is 363 g/mol. The Kier molecular flexibility index (Phi) is 4.73. The van der Waals surface area contributed by atoms with E-state index < -0.39 is 23.5 Å². The third-order valence-corrected chi connectivity index (χ3v) is 3.83. The van der Waals surface area contributed by atoms with Gasteiger partial charge >= 0.3 is 0 Å². The molecule has 0 aliphatic heterocycles. The van der Waals surface area contributed by atoms with E-state index in [4.69, 9.17) is 11.6 Å². The molecule has 0 aliphatic carbocycles. The Labute approximate surface area is 127 Å². The van der Waals surface area contributed by atoms with Gasteiger partial charge in [0, 0.05) is 11.1 Å². The summed E-state index contributed by atoms with van der Waals surface area (Å²) in [5.41, 5.74) is 0.162. The molecule has 0 radical (unpaired) electrons. The lowest BCUT2D eigenvalue weighted by molar-refractivity contribution is 0.535. The summed E-state index contributed by atoms with van der Waals surface area (Å²) >= 11 is 8.62. The summed E-state index contributed by atoms with van der Waals surface area (Å²) in [6.07, 6.45) is 0. The Morgan fingerprint density at radius 3 is 2.45 bits per heavy atom. The van der Waals surface area contributed by atoms with Crippen LogP contribution in [-0.2, 0) is 0 Å². The maximum atomic E-state index is 14.0. The normalized spacial score (nSPS) is 12.5. The van der Waals surface area contributed by atoms with E-state index in [-0.39, 0.29) is 20.6 Å². The first-order valence-corrected chi connectivity index (χ1v) is 6.88. The molecule has 2 rings (SSSR count). The molecule has 2 aromatic rings. The Morgan fingerprint density at radius 2 is 1.80 bits per heavy atom. The standard InChI is InChI=1S/C14H10BrClF3N/c1-20-14(7-3-2-4-10(16)13(7)19)8-5-12(18)9(15)6-11(8)17/h2-6,14,20H,1H3. The third-order valence-electron chi connectivity index (χ3n) is 2.93. The molecule has 0 amide bonds. The minimum Gasteiger partial charge on any atom is -0.309 e. The molecule has 2 aromatic carbocycles. The Hall–Kier alpha value is -1.04. The second-order valence-electron chi connectivity index (χ2n) is 4.15. The van der Waals surface area contributed by atoms with Crippen molar-refractivity contribution in [1.82, 2.24) is 5.32 Å². The molecule has 20 heavy (non-hydrogen) atoms. The van der Waals surface area contributed by atoms with E-state index in [0.717, 1.165) is 12.1 Å². The van der Waals surface area contributed by atoms with Crippen LogP contribution >= 0.6 is 27.5 Å². The van der Waals surface area contributed by atoms with Crippen LogP contribution in [0.2, 0.25) is 5.02 Å². The fourth-order valence-corrected chi connectivity index (χ4v) is 2.48. The predicted octanol–water partition coefficient (Wildman–Crippen LogP) is 4.83. The fourth-order valence-electron chi connectivity index (χ4n) is 1.98. The predicted molar refractivity (Wildman–Crippen MR) is 76.4 cm³/mol. The summed E-state index contributed by atoms with van der Waals surface area (Å²) < 4.78 is 41.6. The quantitative estimate of drug-likeness (QED) is 0.769. The van der Waals surface area contributed by atoms with Gasteiger partial charge in [-0.2, -0.15) is 0 Å². The molecule has 1 atom stereocenters. The van der Waals surface area contributed by atoms with E-state index in [9.17, 15) is 13.2 Å². The van der Waals surface area contributed by atoms with Crippen LogP contribution in [-0.4, -0.2) is 7.05 Å². The van der Waals surface area contributed by atoms with Crippen LogP contribution in [0, 0.1) is 17.5 Å². The zero-order valence-corrected chi connectivity index (χ0v) is 12.7. The number of nitrogens with one attached hydrogen (secondary N) is 1. The number of hydrogen-bond acceptors (Lipinski definition) is 1. The van der Waals surface area contributed by atoms with Crippen LogP contribution in [0.1, 0.15) is 17.2 Å². The maximum absolute atomic E-state index is 14.0. The highest BCUT2D eigenvalue weighted by Crippen LogP contribution is 2.31. The highest BCUT2D eigenvalue weighted by molar-refractivity contribution is 9.10. The highest BCUT2D eigenvalue weighted by atomic mass is 79.9. The molecular formula is C14H10BrClF3N. The molecule has 0 saturated carbocycles. The molecular weight excluding hydrogens is 355 g/mol. The van der Waals surface area contributed by atoms with Crippen LogP contribution in [0.25, 0.3) is 0 Å². The maximum Gasteiger partial charge on any atom is 0.146 e. The molecule has 6 heteroatoms. The zero-order chi connectivity index (χ0) is 14.9. The average molecular weight is 365 g/mol. The summed E-state index contributed by atoms with van der Waals surface area (Å²) in [6.45, 7) is 0. The van der Waals surface area contributed by atoms with Gasteiger partial charge in [0.05, 0.1) is 15.5 Å². The Bertz CT molecular complexity index is 649. The number of hydrogen-bond donors (Lipinski definition) is 1. The van der Waals surface area contributed by atoms with Gasteiger partial charge in [0.25, 0.3) is 0 Å². The van der Waals surface area contributed by atoms with Gasteiger partial charge in [-0.3, -0.25) is 0 Å². The highest BCUT2D eigenvalue weighted by Gasteiger charge is 2.22. The van der Waals surface area contributed by atoms with Crippen LogP contribution in [0.5, 0.6) is 0 Å². The molecule has 0 aromatic heterocycles. The number of benzene rings is 2. The number of halogens is 5. The molecule has 1 N–H and O–H groups in total. The lowest BCUT2D eigenvalue weighted by Gasteiger charge is -2.19. The summed E-state index contributed by atoms with van der Waals surface area (Å²) in [5, 5.41) is 2.70. The van der Waals surface area contributed by atoms with E-state index >= 15 is 0 Å². The van der Waals surface area contributed by atoms with Crippen molar-refractivity contribution >= 4 is 27.5 Å². The first-order chi connectivity index (χ1) is 9.45. The van der Waals surface area contributed by atoms with Crippen molar-refractivity contribution in [1.29, 1.82) is 0 Å². The van der Waals surface area contributed by atoms with E-state index in [1.165, 1.54) is 19.2 Å². The summed E-state index contributed by atoms with van der Waals surface area (Å²) in [5.74, 6) is -1.92. The average Bonchev–Trinajstić information content (AvgIpc) is 2.41. The minimum atomic E-state index is -0.837.